The first-order valence-corrected chi connectivity index (χ1v) is 11.0. The van der Waals surface area contributed by atoms with Gasteiger partial charge in [0.1, 0.15) is 5.41 Å². The summed E-state index contributed by atoms with van der Waals surface area (Å²) in [5, 5.41) is 10.4. The third kappa shape index (κ3) is 3.89. The molecule has 1 saturated heterocycles. The Morgan fingerprint density at radius 2 is 1.52 bits per heavy atom. The van der Waals surface area contributed by atoms with Gasteiger partial charge in [-0.25, -0.2) is 0 Å². The predicted octanol–water partition coefficient (Wildman–Crippen LogP) is 5.57. The molecule has 2 fully saturated rings. The SMILES string of the molecule is CC(C)=CCC[N+]1(C)CC2C(CC(C#N)(c3ccccc3)c3ccccc3)C2C1. The number of benzene rings is 2. The van der Waals surface area contributed by atoms with Gasteiger partial charge in [0, 0.05) is 18.3 Å². The van der Waals surface area contributed by atoms with Crippen molar-refractivity contribution >= 4 is 0 Å². The van der Waals surface area contributed by atoms with Crippen molar-refractivity contribution in [3.8, 4) is 6.07 Å². The molecule has 1 aliphatic carbocycles. The zero-order chi connectivity index (χ0) is 20.5. The van der Waals surface area contributed by atoms with Gasteiger partial charge in [0.05, 0.1) is 32.8 Å². The molecule has 1 saturated carbocycles. The van der Waals surface area contributed by atoms with Crippen LogP contribution in [0, 0.1) is 29.1 Å². The lowest BCUT2D eigenvalue weighted by Crippen LogP contribution is -2.45. The average Bonchev–Trinajstić information content (AvgIpc) is 3.19. The number of quaternary nitrogens is 1. The summed E-state index contributed by atoms with van der Waals surface area (Å²) in [5.41, 5.74) is 3.16. The maximum absolute atomic E-state index is 10.4. The minimum atomic E-state index is -0.539. The van der Waals surface area contributed by atoms with Crippen molar-refractivity contribution in [3.63, 3.8) is 0 Å². The minimum absolute atomic E-state index is 0.539. The van der Waals surface area contributed by atoms with Crippen molar-refractivity contribution in [2.75, 3.05) is 26.7 Å². The van der Waals surface area contributed by atoms with Crippen molar-refractivity contribution in [1.82, 2.24) is 0 Å². The summed E-state index contributed by atoms with van der Waals surface area (Å²) >= 11 is 0. The van der Waals surface area contributed by atoms with Gasteiger partial charge in [-0.1, -0.05) is 72.3 Å². The molecule has 1 aliphatic heterocycles. The molecule has 2 atom stereocenters. The lowest BCUT2D eigenvalue weighted by molar-refractivity contribution is -0.903. The van der Waals surface area contributed by atoms with E-state index in [1.54, 1.807) is 0 Å². The Bertz CT molecular complexity index is 851. The van der Waals surface area contributed by atoms with Crippen LogP contribution in [0.2, 0.25) is 0 Å². The van der Waals surface area contributed by atoms with Gasteiger partial charge in [-0.2, -0.15) is 5.26 Å². The molecule has 2 nitrogen and oxygen atoms in total. The molecular formula is C27H33N2+. The van der Waals surface area contributed by atoms with Crippen molar-refractivity contribution in [3.05, 3.63) is 83.4 Å². The second kappa shape index (κ2) is 7.81. The number of allylic oxidation sites excluding steroid dienone is 1. The largest absolute Gasteiger partial charge is 0.325 e. The van der Waals surface area contributed by atoms with Gasteiger partial charge in [0.15, 0.2) is 0 Å². The summed E-state index contributed by atoms with van der Waals surface area (Å²) in [4.78, 5) is 0. The van der Waals surface area contributed by atoms with Crippen LogP contribution in [0.25, 0.3) is 0 Å². The molecule has 4 rings (SSSR count). The van der Waals surface area contributed by atoms with E-state index in [0.717, 1.165) is 29.4 Å². The fourth-order valence-electron chi connectivity index (χ4n) is 5.68. The quantitative estimate of drug-likeness (QED) is 0.452. The first-order valence-electron chi connectivity index (χ1n) is 11.0. The van der Waals surface area contributed by atoms with Crippen LogP contribution in [0.3, 0.4) is 0 Å². The van der Waals surface area contributed by atoms with Crippen molar-refractivity contribution in [2.24, 2.45) is 17.8 Å². The minimum Gasteiger partial charge on any atom is -0.325 e. The van der Waals surface area contributed by atoms with Gasteiger partial charge >= 0.3 is 0 Å². The second-order valence-electron chi connectivity index (χ2n) is 9.72. The highest BCUT2D eigenvalue weighted by molar-refractivity contribution is 5.46. The first kappa shape index (κ1) is 19.9. The Balaban J connectivity index is 1.52. The van der Waals surface area contributed by atoms with Crippen molar-refractivity contribution < 1.29 is 4.48 Å². The molecular weight excluding hydrogens is 352 g/mol. The van der Waals surface area contributed by atoms with Crippen LogP contribution in [-0.4, -0.2) is 31.2 Å². The zero-order valence-corrected chi connectivity index (χ0v) is 18.0. The highest BCUT2D eigenvalue weighted by Crippen LogP contribution is 2.59. The van der Waals surface area contributed by atoms with Crippen LogP contribution in [0.15, 0.2) is 72.3 Å². The molecule has 2 unspecified atom stereocenters. The number of rotatable bonds is 7. The summed E-state index contributed by atoms with van der Waals surface area (Å²) < 4.78 is 1.20. The molecule has 1 heterocycles. The molecule has 2 aromatic carbocycles. The highest BCUT2D eigenvalue weighted by atomic mass is 15.4. The van der Waals surface area contributed by atoms with Crippen LogP contribution >= 0.6 is 0 Å². The number of fused-ring (bicyclic) bond motifs is 1. The van der Waals surface area contributed by atoms with Crippen molar-refractivity contribution in [2.45, 2.75) is 32.1 Å². The van der Waals surface area contributed by atoms with Crippen LogP contribution in [-0.2, 0) is 5.41 Å². The number of nitrogens with zero attached hydrogens (tertiary/aromatic N) is 2. The monoisotopic (exact) mass is 385 g/mol. The maximum atomic E-state index is 10.4. The molecule has 2 aromatic rings. The van der Waals surface area contributed by atoms with E-state index in [2.05, 4.69) is 81.6 Å². The number of hydrogen-bond donors (Lipinski definition) is 0. The second-order valence-corrected chi connectivity index (χ2v) is 9.72. The number of piperidine rings is 1. The van der Waals surface area contributed by atoms with Gasteiger partial charge in [-0.15, -0.1) is 0 Å². The number of nitriles is 1. The molecule has 0 N–H and O–H groups in total. The molecule has 29 heavy (non-hydrogen) atoms. The third-order valence-electron chi connectivity index (χ3n) is 7.30. The Morgan fingerprint density at radius 3 is 1.97 bits per heavy atom. The van der Waals surface area contributed by atoms with E-state index >= 15 is 0 Å². The number of likely N-dealkylation sites (tertiary alicyclic amines) is 1. The summed E-state index contributed by atoms with van der Waals surface area (Å²) in [6.45, 7) is 8.16. The third-order valence-corrected chi connectivity index (χ3v) is 7.30. The van der Waals surface area contributed by atoms with Crippen LogP contribution in [0.1, 0.15) is 37.8 Å². The average molecular weight is 386 g/mol. The lowest BCUT2D eigenvalue weighted by Gasteiger charge is -2.34. The summed E-state index contributed by atoms with van der Waals surface area (Å²) in [6, 6.07) is 23.6. The van der Waals surface area contributed by atoms with E-state index in [0.29, 0.717) is 5.92 Å². The van der Waals surface area contributed by atoms with E-state index in [-0.39, 0.29) is 0 Å². The summed E-state index contributed by atoms with van der Waals surface area (Å²) in [7, 11) is 2.42. The van der Waals surface area contributed by atoms with E-state index < -0.39 is 5.41 Å². The Hall–Kier alpha value is -2.37. The van der Waals surface area contributed by atoms with E-state index in [1.165, 1.54) is 36.1 Å². The molecule has 150 valence electrons. The molecule has 2 heteroatoms. The molecule has 0 amide bonds. The fraction of sp³-hybridized carbons (Fsp3) is 0.444. The maximum Gasteiger partial charge on any atom is 0.107 e. The first-order chi connectivity index (χ1) is 14.0. The Morgan fingerprint density at radius 1 is 1.00 bits per heavy atom. The van der Waals surface area contributed by atoms with Crippen molar-refractivity contribution in [1.29, 1.82) is 5.26 Å². The molecule has 0 spiro atoms. The standard InChI is InChI=1S/C27H33N2/c1-21(2)11-10-16-29(3)18-25-24(26(25)19-29)17-27(20-28,22-12-6-4-7-13-22)23-14-8-5-9-15-23/h4-9,11-15,24-26H,10,16-19H2,1-3H3/q+1. The summed E-state index contributed by atoms with van der Waals surface area (Å²) in [6.07, 6.45) is 4.50. The molecule has 2 aliphatic rings. The van der Waals surface area contributed by atoms with E-state index in [4.69, 9.17) is 0 Å². The smallest absolute Gasteiger partial charge is 0.107 e. The zero-order valence-electron chi connectivity index (χ0n) is 18.0. The summed E-state index contributed by atoms with van der Waals surface area (Å²) in [5.74, 6) is 2.24. The lowest BCUT2D eigenvalue weighted by atomic mass is 9.71. The van der Waals surface area contributed by atoms with E-state index in [1.807, 2.05) is 12.1 Å². The van der Waals surface area contributed by atoms with Gasteiger partial charge < -0.3 is 4.48 Å². The van der Waals surface area contributed by atoms with Crippen LogP contribution < -0.4 is 0 Å². The highest BCUT2D eigenvalue weighted by Gasteiger charge is 2.63. The van der Waals surface area contributed by atoms with Gasteiger partial charge in [-0.05, 0) is 37.3 Å². The molecule has 0 bridgehead atoms. The molecule has 0 aromatic heterocycles. The number of hydrogen-bond acceptors (Lipinski definition) is 1. The molecule has 0 radical (unpaired) electrons. The topological polar surface area (TPSA) is 23.8 Å². The Labute approximate surface area is 176 Å². The van der Waals surface area contributed by atoms with Gasteiger partial charge in [-0.3, -0.25) is 0 Å². The van der Waals surface area contributed by atoms with Crippen LogP contribution in [0.5, 0.6) is 0 Å². The van der Waals surface area contributed by atoms with E-state index in [9.17, 15) is 5.26 Å². The fourth-order valence-corrected chi connectivity index (χ4v) is 5.68. The van der Waals surface area contributed by atoms with Gasteiger partial charge in [0.25, 0.3) is 0 Å². The van der Waals surface area contributed by atoms with Crippen LogP contribution in [0.4, 0.5) is 0 Å². The Kier molecular flexibility index (Phi) is 5.36. The van der Waals surface area contributed by atoms with Gasteiger partial charge in [0.2, 0.25) is 0 Å². The predicted molar refractivity (Wildman–Crippen MR) is 119 cm³/mol. The normalized spacial score (nSPS) is 27.7.